The highest BCUT2D eigenvalue weighted by Gasteiger charge is 2.18. The van der Waals surface area contributed by atoms with E-state index in [0.29, 0.717) is 27.5 Å². The average Bonchev–Trinajstić information content (AvgIpc) is 3.65. The van der Waals surface area contributed by atoms with Gasteiger partial charge in [0.2, 0.25) is 0 Å². The fourth-order valence-electron chi connectivity index (χ4n) is 5.06. The van der Waals surface area contributed by atoms with Gasteiger partial charge in [0.1, 0.15) is 11.2 Å². The molecule has 0 amide bonds. The van der Waals surface area contributed by atoms with E-state index in [1.54, 1.807) is 42.5 Å². The van der Waals surface area contributed by atoms with Gasteiger partial charge in [0.25, 0.3) is 0 Å². The quantitative estimate of drug-likeness (QED) is 0.204. The second kappa shape index (κ2) is 10.2. The summed E-state index contributed by atoms with van der Waals surface area (Å²) in [6, 6.07) is -1.06. The topological polar surface area (TPSA) is 51.8 Å². The van der Waals surface area contributed by atoms with Crippen molar-refractivity contribution in [3.05, 3.63) is 151 Å². The van der Waals surface area contributed by atoms with Gasteiger partial charge in [-0.1, -0.05) is 121 Å². The van der Waals surface area contributed by atoms with Gasteiger partial charge < -0.3 is 4.42 Å². The summed E-state index contributed by atoms with van der Waals surface area (Å²) < 4.78 is 163. The van der Waals surface area contributed by atoms with Crippen molar-refractivity contribution in [1.29, 1.82) is 0 Å². The molecule has 0 fully saturated rings. The second-order valence-electron chi connectivity index (χ2n) is 9.83. The molecule has 45 heavy (non-hydrogen) atoms. The highest BCUT2D eigenvalue weighted by atomic mass is 16.3. The van der Waals surface area contributed by atoms with Gasteiger partial charge in [-0.15, -0.1) is 0 Å². The predicted molar refractivity (Wildman–Crippen MR) is 184 cm³/mol. The molecule has 0 bridgehead atoms. The summed E-state index contributed by atoms with van der Waals surface area (Å²) in [6.07, 6.45) is 0. The summed E-state index contributed by atoms with van der Waals surface area (Å²) in [5.41, 5.74) is -0.952. The maximum absolute atomic E-state index is 9.44. The first kappa shape index (κ1) is 13.2. The molecule has 2 heterocycles. The van der Waals surface area contributed by atoms with Crippen molar-refractivity contribution in [2.24, 2.45) is 0 Å². The summed E-state index contributed by atoms with van der Waals surface area (Å²) in [5, 5.41) is -0.658. The number of hydrogen-bond donors (Lipinski definition) is 0. The lowest BCUT2D eigenvalue weighted by atomic mass is 10.00. The van der Waals surface area contributed by atoms with E-state index in [0.717, 1.165) is 0 Å². The Bertz CT molecular complexity index is 3540. The lowest BCUT2D eigenvalue weighted by Gasteiger charge is -2.11. The molecule has 4 heteroatoms. The molecule has 0 saturated carbocycles. The highest BCUT2D eigenvalue weighted by molar-refractivity contribution is 6.11. The minimum absolute atomic E-state index is 0.178. The van der Waals surface area contributed by atoms with Gasteiger partial charge in [0, 0.05) is 27.5 Å². The van der Waals surface area contributed by atoms with Crippen LogP contribution < -0.4 is 0 Å². The number of aromatic nitrogens is 3. The van der Waals surface area contributed by atoms with Gasteiger partial charge in [-0.25, -0.2) is 15.0 Å². The Labute approximate surface area is 284 Å². The molecule has 0 unspecified atom stereocenters. The number of benzene rings is 7. The number of fused-ring (bicyclic) bond motifs is 5. The number of hydrogen-bond acceptors (Lipinski definition) is 4. The zero-order chi connectivity index (χ0) is 45.4. The van der Waals surface area contributed by atoms with Crippen LogP contribution in [0.1, 0.15) is 24.7 Å². The summed E-state index contributed by atoms with van der Waals surface area (Å²) >= 11 is 0. The van der Waals surface area contributed by atoms with E-state index in [-0.39, 0.29) is 11.2 Å². The Hall–Kier alpha value is -6.13. The third-order valence-corrected chi connectivity index (χ3v) is 7.10. The van der Waals surface area contributed by atoms with Crippen molar-refractivity contribution in [3.63, 3.8) is 0 Å². The average molecular weight is 594 g/mol. The smallest absolute Gasteiger partial charge is 0.164 e. The Balaban J connectivity index is 1.41. The lowest BCUT2D eigenvalue weighted by Crippen LogP contribution is -2.00. The summed E-state index contributed by atoms with van der Waals surface area (Å²) in [7, 11) is 0. The SMILES string of the molecule is [2H]c1c([2H])c([2H])c(-c2c([2H])c([2H])c3c([2H])c(-c4nc(-c5c([2H])c([2H])c6c([2H])c([2H])c([2H])c([2H])c6c5[2H])nc(-c5cccc6oc7ccccc7c56)n4)c([2H])c([2H])c3c2[2H])c([2H])c1[2H]. The fourth-order valence-corrected chi connectivity index (χ4v) is 5.06. The summed E-state index contributed by atoms with van der Waals surface area (Å²) in [5.74, 6) is -1.19. The van der Waals surface area contributed by atoms with Crippen LogP contribution in [0.3, 0.4) is 0 Å². The number of rotatable bonds is 4. The van der Waals surface area contributed by atoms with Crippen LogP contribution >= 0.6 is 0 Å². The monoisotopic (exact) mass is 593 g/mol. The van der Waals surface area contributed by atoms with Crippen LogP contribution in [-0.4, -0.2) is 15.0 Å². The first-order valence-corrected chi connectivity index (χ1v) is 13.6. The molecule has 0 N–H and O–H groups in total. The summed E-state index contributed by atoms with van der Waals surface area (Å²) in [4.78, 5) is 13.8. The van der Waals surface area contributed by atoms with Crippen LogP contribution in [0, 0.1) is 0 Å². The molecular formula is C41H25N3O. The molecule has 4 nitrogen and oxygen atoms in total. The Morgan fingerprint density at radius 3 is 1.80 bits per heavy atom. The first-order valence-electron chi connectivity index (χ1n) is 22.6. The van der Waals surface area contributed by atoms with Crippen LogP contribution in [-0.2, 0) is 0 Å². The zero-order valence-electron chi connectivity index (χ0n) is 40.8. The van der Waals surface area contributed by atoms with Crippen molar-refractivity contribution in [3.8, 4) is 45.3 Å². The Morgan fingerprint density at radius 1 is 0.444 bits per heavy atom. The molecule has 210 valence electrons. The van der Waals surface area contributed by atoms with Crippen LogP contribution in [0.4, 0.5) is 0 Å². The van der Waals surface area contributed by atoms with Crippen LogP contribution in [0.2, 0.25) is 0 Å². The van der Waals surface area contributed by atoms with E-state index < -0.39 is 159 Å². The highest BCUT2D eigenvalue weighted by Crippen LogP contribution is 2.37. The van der Waals surface area contributed by atoms with Crippen molar-refractivity contribution in [2.75, 3.05) is 0 Å². The van der Waals surface area contributed by atoms with Gasteiger partial charge in [-0.2, -0.15) is 0 Å². The van der Waals surface area contributed by atoms with E-state index in [4.69, 9.17) is 23.6 Å². The zero-order valence-corrected chi connectivity index (χ0v) is 22.8. The second-order valence-corrected chi connectivity index (χ2v) is 9.83. The van der Waals surface area contributed by atoms with Crippen molar-refractivity contribution in [2.45, 2.75) is 0 Å². The van der Waals surface area contributed by atoms with Gasteiger partial charge in [-0.05, 0) is 62.9 Å². The van der Waals surface area contributed by atoms with E-state index in [2.05, 4.69) is 15.0 Å². The van der Waals surface area contributed by atoms with E-state index >= 15 is 0 Å². The largest absolute Gasteiger partial charge is 0.456 e. The maximum atomic E-state index is 9.44. The Morgan fingerprint density at radius 2 is 1.02 bits per heavy atom. The van der Waals surface area contributed by atoms with Crippen molar-refractivity contribution >= 4 is 43.5 Å². The normalized spacial score (nSPS) is 17.2. The van der Waals surface area contributed by atoms with Crippen LogP contribution in [0.5, 0.6) is 0 Å². The lowest BCUT2D eigenvalue weighted by molar-refractivity contribution is 0.669. The maximum Gasteiger partial charge on any atom is 0.164 e. The molecule has 0 atom stereocenters. The van der Waals surface area contributed by atoms with E-state index in [1.807, 2.05) is 0 Å². The van der Waals surface area contributed by atoms with Crippen LogP contribution in [0.25, 0.3) is 88.8 Å². The standard InChI is InChI=1S/C41H25N3O/c1-2-9-26(10-3-1)29-18-19-31-25-33(22-20-30(31)23-29)40-42-39(32-21-17-27-11-4-5-12-28(27)24-32)43-41(44-40)35-14-8-16-37-38(35)34-13-6-7-15-36(34)45-37/h1-25H/i1D,2D,3D,4D,5D,9D,10D,11D,12D,17D,18D,19D,20D,21D,22D,23D,24D,25D. The molecule has 9 rings (SSSR count). The van der Waals surface area contributed by atoms with Crippen molar-refractivity contribution < 1.29 is 29.1 Å². The molecule has 0 saturated heterocycles. The molecule has 9 aromatic rings. The molecule has 0 spiro atoms. The third kappa shape index (κ3) is 4.43. The fraction of sp³-hybridized carbons (Fsp3) is 0. The molecular weight excluding hydrogens is 550 g/mol. The molecule has 0 aliphatic rings. The first-order chi connectivity index (χ1) is 29.8. The van der Waals surface area contributed by atoms with Crippen LogP contribution in [0.15, 0.2) is 156 Å². The summed E-state index contributed by atoms with van der Waals surface area (Å²) in [6.45, 7) is 0. The van der Waals surface area contributed by atoms with Gasteiger partial charge >= 0.3 is 0 Å². The minimum Gasteiger partial charge on any atom is -0.456 e. The van der Waals surface area contributed by atoms with E-state index in [9.17, 15) is 5.48 Å². The molecule has 0 aliphatic carbocycles. The van der Waals surface area contributed by atoms with Gasteiger partial charge in [0.05, 0.1) is 24.7 Å². The van der Waals surface area contributed by atoms with E-state index in [1.165, 1.54) is 0 Å². The number of nitrogens with zero attached hydrogens (tertiary/aromatic N) is 3. The molecule has 0 radical (unpaired) electrons. The molecule has 2 aromatic heterocycles. The predicted octanol–water partition coefficient (Wildman–Crippen LogP) is 10.7. The third-order valence-electron chi connectivity index (χ3n) is 7.10. The number of para-hydroxylation sites is 1. The van der Waals surface area contributed by atoms with Gasteiger partial charge in [0.15, 0.2) is 17.5 Å². The number of furan rings is 1. The molecule has 0 aliphatic heterocycles. The van der Waals surface area contributed by atoms with Gasteiger partial charge in [-0.3, -0.25) is 0 Å². The Kier molecular flexibility index (Phi) is 3.02. The minimum atomic E-state index is -0.806. The molecule has 7 aromatic carbocycles. The van der Waals surface area contributed by atoms with Crippen molar-refractivity contribution in [1.82, 2.24) is 15.0 Å².